The van der Waals surface area contributed by atoms with E-state index in [0.29, 0.717) is 0 Å². The number of benzene rings is 1. The summed E-state index contributed by atoms with van der Waals surface area (Å²) in [5.74, 6) is 0. The van der Waals surface area contributed by atoms with Gasteiger partial charge in [-0.15, -0.1) is 0 Å². The number of rotatable bonds is 3. The maximum Gasteiger partial charge on any atom is 0.253 e. The maximum atomic E-state index is 11.6. The zero-order valence-corrected chi connectivity index (χ0v) is 12.1. The predicted molar refractivity (Wildman–Crippen MR) is 78.6 cm³/mol. The molecule has 0 fully saturated rings. The van der Waals surface area contributed by atoms with Crippen molar-refractivity contribution >= 4 is 0 Å². The van der Waals surface area contributed by atoms with Gasteiger partial charge in [-0.1, -0.05) is 45.0 Å². The van der Waals surface area contributed by atoms with E-state index in [4.69, 9.17) is 0 Å². The predicted octanol–water partition coefficient (Wildman–Crippen LogP) is 2.27. The van der Waals surface area contributed by atoms with Crippen LogP contribution >= 0.6 is 0 Å². The fourth-order valence-corrected chi connectivity index (χ4v) is 2.01. The molecule has 1 unspecified atom stereocenters. The molecule has 0 spiro atoms. The van der Waals surface area contributed by atoms with Crippen LogP contribution in [0.3, 0.4) is 0 Å². The van der Waals surface area contributed by atoms with Crippen LogP contribution in [-0.4, -0.2) is 14.7 Å². The van der Waals surface area contributed by atoms with Crippen LogP contribution in [0.25, 0.3) is 0 Å². The Labute approximate surface area is 118 Å². The first kappa shape index (κ1) is 14.5. The molecule has 1 N–H and O–H groups in total. The quantitative estimate of drug-likeness (QED) is 0.932. The summed E-state index contributed by atoms with van der Waals surface area (Å²) in [5, 5.41) is 10.2. The van der Waals surface area contributed by atoms with Gasteiger partial charge in [0, 0.05) is 12.3 Å². The number of nitrogens with zero attached hydrogens (tertiary/aromatic N) is 2. The van der Waals surface area contributed by atoms with E-state index in [1.165, 1.54) is 28.7 Å². The molecule has 0 aliphatic carbocycles. The third kappa shape index (κ3) is 3.33. The Bertz CT molecular complexity index is 624. The molecule has 1 aromatic carbocycles. The molecule has 4 nitrogen and oxygen atoms in total. The average Bonchev–Trinajstić information content (AvgIpc) is 2.40. The largest absolute Gasteiger partial charge is 0.387 e. The Morgan fingerprint density at radius 2 is 1.85 bits per heavy atom. The molecule has 0 amide bonds. The lowest BCUT2D eigenvalue weighted by Crippen LogP contribution is -2.22. The number of hydrogen-bond donors (Lipinski definition) is 1. The van der Waals surface area contributed by atoms with Gasteiger partial charge in [0.05, 0.1) is 19.0 Å². The molecular formula is C16H20N2O2. The molecule has 106 valence electrons. The van der Waals surface area contributed by atoms with E-state index >= 15 is 0 Å². The number of hydrogen-bond acceptors (Lipinski definition) is 3. The lowest BCUT2D eigenvalue weighted by atomic mass is 9.86. The molecule has 0 bridgehead atoms. The van der Waals surface area contributed by atoms with E-state index in [1.807, 2.05) is 24.3 Å². The minimum atomic E-state index is -0.717. The van der Waals surface area contributed by atoms with E-state index in [0.717, 1.165) is 5.56 Å². The standard InChI is InChI=1S/C16H20N2O2/c1-16(2,3)13-6-4-12(5-7-13)14(19)10-18-11-17-9-8-15(18)20/h4-9,11,14,19H,10H2,1-3H3. The molecule has 1 aromatic heterocycles. The SMILES string of the molecule is CC(C)(C)c1ccc(C(O)Cn2cnccc2=O)cc1. The van der Waals surface area contributed by atoms with Crippen molar-refractivity contribution in [3.8, 4) is 0 Å². The van der Waals surface area contributed by atoms with Crippen LogP contribution in [0, 0.1) is 0 Å². The fraction of sp³-hybridized carbons (Fsp3) is 0.375. The maximum absolute atomic E-state index is 11.6. The molecule has 0 saturated carbocycles. The molecule has 0 aliphatic rings. The topological polar surface area (TPSA) is 55.1 Å². The van der Waals surface area contributed by atoms with Crippen molar-refractivity contribution in [3.05, 3.63) is 64.3 Å². The lowest BCUT2D eigenvalue weighted by molar-refractivity contribution is 0.154. The van der Waals surface area contributed by atoms with E-state index in [2.05, 4.69) is 25.8 Å². The molecule has 0 saturated heterocycles. The van der Waals surface area contributed by atoms with Crippen molar-refractivity contribution in [2.75, 3.05) is 0 Å². The first-order chi connectivity index (χ1) is 9.38. The van der Waals surface area contributed by atoms with Crippen LogP contribution in [0.1, 0.15) is 38.0 Å². The summed E-state index contributed by atoms with van der Waals surface area (Å²) in [6, 6.07) is 9.24. The van der Waals surface area contributed by atoms with Gasteiger partial charge >= 0.3 is 0 Å². The van der Waals surface area contributed by atoms with Gasteiger partial charge < -0.3 is 5.11 Å². The zero-order valence-electron chi connectivity index (χ0n) is 12.1. The number of aliphatic hydroxyl groups is 1. The summed E-state index contributed by atoms with van der Waals surface area (Å²) >= 11 is 0. The Morgan fingerprint density at radius 1 is 1.20 bits per heavy atom. The Kier molecular flexibility index (Phi) is 4.04. The fourth-order valence-electron chi connectivity index (χ4n) is 2.01. The van der Waals surface area contributed by atoms with Gasteiger partial charge in [-0.2, -0.15) is 0 Å². The Hall–Kier alpha value is -1.94. The molecular weight excluding hydrogens is 252 g/mol. The van der Waals surface area contributed by atoms with Gasteiger partial charge in [0.25, 0.3) is 5.56 Å². The van der Waals surface area contributed by atoms with E-state index in [9.17, 15) is 9.90 Å². The summed E-state index contributed by atoms with van der Waals surface area (Å²) in [6.07, 6.45) is 2.17. The van der Waals surface area contributed by atoms with E-state index in [-0.39, 0.29) is 17.5 Å². The first-order valence-electron chi connectivity index (χ1n) is 6.67. The second-order valence-corrected chi connectivity index (χ2v) is 5.96. The number of aliphatic hydroxyl groups excluding tert-OH is 1. The summed E-state index contributed by atoms with van der Waals surface area (Å²) in [6.45, 7) is 6.65. The molecule has 1 atom stereocenters. The Balaban J connectivity index is 2.16. The van der Waals surface area contributed by atoms with Crippen LogP contribution in [0.5, 0.6) is 0 Å². The van der Waals surface area contributed by atoms with Gasteiger partial charge in [-0.3, -0.25) is 9.36 Å². The van der Waals surface area contributed by atoms with Gasteiger partial charge in [0.2, 0.25) is 0 Å². The normalized spacial score (nSPS) is 13.2. The molecule has 2 aromatic rings. The van der Waals surface area contributed by atoms with Crippen molar-refractivity contribution < 1.29 is 5.11 Å². The Morgan fingerprint density at radius 3 is 2.40 bits per heavy atom. The number of aromatic nitrogens is 2. The average molecular weight is 272 g/mol. The lowest BCUT2D eigenvalue weighted by Gasteiger charge is -2.20. The van der Waals surface area contributed by atoms with Gasteiger partial charge in [0.15, 0.2) is 0 Å². The second kappa shape index (κ2) is 5.59. The van der Waals surface area contributed by atoms with Crippen molar-refractivity contribution in [2.45, 2.75) is 38.8 Å². The molecule has 4 heteroatoms. The van der Waals surface area contributed by atoms with Crippen molar-refractivity contribution in [3.63, 3.8) is 0 Å². The highest BCUT2D eigenvalue weighted by Crippen LogP contribution is 2.24. The summed E-state index contributed by atoms with van der Waals surface area (Å²) < 4.78 is 1.41. The van der Waals surface area contributed by atoms with Crippen molar-refractivity contribution in [2.24, 2.45) is 0 Å². The van der Waals surface area contributed by atoms with Crippen LogP contribution in [0.15, 0.2) is 47.7 Å². The second-order valence-electron chi connectivity index (χ2n) is 5.96. The van der Waals surface area contributed by atoms with Gasteiger partial charge in [-0.25, -0.2) is 4.98 Å². The smallest absolute Gasteiger partial charge is 0.253 e. The van der Waals surface area contributed by atoms with E-state index in [1.54, 1.807) is 0 Å². The highest BCUT2D eigenvalue weighted by Gasteiger charge is 2.15. The van der Waals surface area contributed by atoms with Crippen LogP contribution in [0.2, 0.25) is 0 Å². The molecule has 2 rings (SSSR count). The minimum Gasteiger partial charge on any atom is -0.387 e. The monoisotopic (exact) mass is 272 g/mol. The highest BCUT2D eigenvalue weighted by atomic mass is 16.3. The van der Waals surface area contributed by atoms with Gasteiger partial charge in [-0.05, 0) is 16.5 Å². The summed E-state index contributed by atoms with van der Waals surface area (Å²) in [4.78, 5) is 15.5. The highest BCUT2D eigenvalue weighted by molar-refractivity contribution is 5.28. The minimum absolute atomic E-state index is 0.0871. The summed E-state index contributed by atoms with van der Waals surface area (Å²) in [5.41, 5.74) is 1.94. The third-order valence-electron chi connectivity index (χ3n) is 3.32. The summed E-state index contributed by atoms with van der Waals surface area (Å²) in [7, 11) is 0. The first-order valence-corrected chi connectivity index (χ1v) is 6.67. The van der Waals surface area contributed by atoms with Crippen LogP contribution in [0.4, 0.5) is 0 Å². The molecule has 0 aliphatic heterocycles. The third-order valence-corrected chi connectivity index (χ3v) is 3.32. The zero-order chi connectivity index (χ0) is 14.8. The van der Waals surface area contributed by atoms with Crippen LogP contribution in [-0.2, 0) is 12.0 Å². The molecule has 0 radical (unpaired) electrons. The molecule has 20 heavy (non-hydrogen) atoms. The van der Waals surface area contributed by atoms with Crippen molar-refractivity contribution in [1.29, 1.82) is 0 Å². The van der Waals surface area contributed by atoms with Gasteiger partial charge in [0.1, 0.15) is 0 Å². The van der Waals surface area contributed by atoms with Crippen molar-refractivity contribution in [1.82, 2.24) is 9.55 Å². The molecule has 1 heterocycles. The van der Waals surface area contributed by atoms with Crippen LogP contribution < -0.4 is 5.56 Å². The van der Waals surface area contributed by atoms with E-state index < -0.39 is 6.10 Å².